The zero-order chi connectivity index (χ0) is 15.4. The highest BCUT2D eigenvalue weighted by Gasteiger charge is 2.08. The molecule has 1 heterocycles. The van der Waals surface area contributed by atoms with Gasteiger partial charge in [-0.1, -0.05) is 0 Å². The second-order valence-corrected chi connectivity index (χ2v) is 4.59. The van der Waals surface area contributed by atoms with Crippen molar-refractivity contribution in [2.75, 3.05) is 7.11 Å². The van der Waals surface area contributed by atoms with E-state index in [0.29, 0.717) is 11.3 Å². The van der Waals surface area contributed by atoms with Crippen LogP contribution < -0.4 is 10.3 Å². The van der Waals surface area contributed by atoms with Gasteiger partial charge in [-0.2, -0.15) is 10.4 Å². The van der Waals surface area contributed by atoms with Crippen LogP contribution in [0.2, 0.25) is 0 Å². The summed E-state index contributed by atoms with van der Waals surface area (Å²) in [5.41, 5.74) is 1.89. The van der Waals surface area contributed by atoms with Gasteiger partial charge in [-0.3, -0.25) is 4.79 Å². The van der Waals surface area contributed by atoms with E-state index >= 15 is 0 Å². The highest BCUT2D eigenvalue weighted by atomic mass is 16.5. The molecule has 0 N–H and O–H groups in total. The highest BCUT2D eigenvalue weighted by molar-refractivity contribution is 5.79. The summed E-state index contributed by atoms with van der Waals surface area (Å²) >= 11 is 0. The molecule has 0 aliphatic heterocycles. The number of methoxy groups -OCH3 is 1. The maximum Gasteiger partial charge on any atom is 0.289 e. The van der Waals surface area contributed by atoms with Crippen LogP contribution in [0.5, 0.6) is 5.75 Å². The van der Waals surface area contributed by atoms with Gasteiger partial charge in [-0.25, -0.2) is 4.68 Å². The lowest BCUT2D eigenvalue weighted by Crippen LogP contribution is -2.22. The Morgan fingerprint density at radius 2 is 1.95 bits per heavy atom. The fourth-order valence-electron chi connectivity index (χ4n) is 1.98. The number of ether oxygens (including phenoxy) is 1. The van der Waals surface area contributed by atoms with Gasteiger partial charge in [-0.05, 0) is 55.3 Å². The molecule has 0 radical (unpaired) electrons. The first-order chi connectivity index (χ1) is 10.1. The van der Waals surface area contributed by atoms with Crippen molar-refractivity contribution >= 4 is 6.21 Å². The molecule has 106 valence electrons. The minimum absolute atomic E-state index is 0.118. The van der Waals surface area contributed by atoms with Crippen LogP contribution in [0, 0.1) is 25.2 Å². The molecule has 5 nitrogen and oxygen atoms in total. The van der Waals surface area contributed by atoms with Gasteiger partial charge >= 0.3 is 0 Å². The molecular weight excluding hydrogens is 266 g/mol. The van der Waals surface area contributed by atoms with E-state index in [4.69, 9.17) is 10.00 Å². The quantitative estimate of drug-likeness (QED) is 0.810. The Kier molecular flexibility index (Phi) is 4.19. The van der Waals surface area contributed by atoms with Crippen molar-refractivity contribution in [1.82, 2.24) is 4.68 Å². The van der Waals surface area contributed by atoms with Crippen molar-refractivity contribution in [2.45, 2.75) is 13.8 Å². The summed E-state index contributed by atoms with van der Waals surface area (Å²) in [5.74, 6) is 0.752. The van der Waals surface area contributed by atoms with Crippen molar-refractivity contribution in [3.63, 3.8) is 0 Å². The molecule has 0 bridgehead atoms. The normalized spacial score (nSPS) is 10.6. The molecule has 0 aliphatic carbocycles. The number of aryl methyl sites for hydroxylation is 2. The molecule has 2 rings (SSSR count). The minimum atomic E-state index is -0.403. The zero-order valence-electron chi connectivity index (χ0n) is 12.1. The van der Waals surface area contributed by atoms with Gasteiger partial charge in [0.2, 0.25) is 0 Å². The van der Waals surface area contributed by atoms with Crippen LogP contribution in [0.4, 0.5) is 0 Å². The summed E-state index contributed by atoms with van der Waals surface area (Å²) in [6.45, 7) is 3.52. The van der Waals surface area contributed by atoms with Crippen LogP contribution in [-0.4, -0.2) is 18.0 Å². The number of hydrogen-bond donors (Lipinski definition) is 0. The highest BCUT2D eigenvalue weighted by Crippen LogP contribution is 2.10. The molecule has 0 saturated carbocycles. The lowest BCUT2D eigenvalue weighted by atomic mass is 10.1. The third-order valence-electron chi connectivity index (χ3n) is 3.11. The number of rotatable bonds is 3. The smallest absolute Gasteiger partial charge is 0.289 e. The summed E-state index contributed by atoms with van der Waals surface area (Å²) in [7, 11) is 1.60. The van der Waals surface area contributed by atoms with Crippen LogP contribution in [0.25, 0.3) is 0 Å². The van der Waals surface area contributed by atoms with Crippen molar-refractivity contribution in [1.29, 1.82) is 5.26 Å². The number of nitrogens with zero attached hydrogens (tertiary/aromatic N) is 3. The van der Waals surface area contributed by atoms with Crippen molar-refractivity contribution in [2.24, 2.45) is 5.10 Å². The second-order valence-electron chi connectivity index (χ2n) is 4.59. The van der Waals surface area contributed by atoms with Gasteiger partial charge in [-0.15, -0.1) is 0 Å². The third kappa shape index (κ3) is 3.00. The lowest BCUT2D eigenvalue weighted by molar-refractivity contribution is 0.415. The largest absolute Gasteiger partial charge is 0.497 e. The van der Waals surface area contributed by atoms with Crippen LogP contribution in [-0.2, 0) is 0 Å². The maximum absolute atomic E-state index is 12.2. The van der Waals surface area contributed by atoms with Crippen molar-refractivity contribution in [3.8, 4) is 11.8 Å². The Morgan fingerprint density at radius 1 is 1.29 bits per heavy atom. The SMILES string of the molecule is COc1ccc(/C=N\n2c(C)cc(C)c(C#N)c2=O)cc1. The molecule has 1 aromatic carbocycles. The number of nitriles is 1. The molecule has 0 spiro atoms. The zero-order valence-corrected chi connectivity index (χ0v) is 12.1. The molecule has 2 aromatic rings. The van der Waals surface area contributed by atoms with E-state index < -0.39 is 5.56 Å². The first-order valence-corrected chi connectivity index (χ1v) is 6.38. The minimum Gasteiger partial charge on any atom is -0.497 e. The fraction of sp³-hybridized carbons (Fsp3) is 0.188. The molecule has 0 fully saturated rings. The number of hydrogen-bond acceptors (Lipinski definition) is 4. The van der Waals surface area contributed by atoms with Gasteiger partial charge < -0.3 is 4.74 Å². The van der Waals surface area contributed by atoms with Crippen LogP contribution >= 0.6 is 0 Å². The first kappa shape index (κ1) is 14.5. The maximum atomic E-state index is 12.2. The van der Waals surface area contributed by atoms with Gasteiger partial charge in [0.05, 0.1) is 13.3 Å². The topological polar surface area (TPSA) is 67.4 Å². The fourth-order valence-corrected chi connectivity index (χ4v) is 1.98. The molecule has 5 heteroatoms. The van der Waals surface area contributed by atoms with Crippen LogP contribution in [0.3, 0.4) is 0 Å². The summed E-state index contributed by atoms with van der Waals surface area (Å²) in [6, 6.07) is 11.0. The van der Waals surface area contributed by atoms with E-state index in [0.717, 1.165) is 11.3 Å². The van der Waals surface area contributed by atoms with Gasteiger partial charge in [0.25, 0.3) is 5.56 Å². The molecule has 0 unspecified atom stereocenters. The van der Waals surface area contributed by atoms with Crippen LogP contribution in [0.15, 0.2) is 40.2 Å². The van der Waals surface area contributed by atoms with Crippen molar-refractivity contribution < 1.29 is 4.74 Å². The number of aromatic nitrogens is 1. The predicted molar refractivity (Wildman–Crippen MR) is 80.9 cm³/mol. The Bertz CT molecular complexity index is 781. The van der Waals surface area contributed by atoms with Crippen molar-refractivity contribution in [3.05, 3.63) is 63.1 Å². The molecular formula is C16H15N3O2. The monoisotopic (exact) mass is 281 g/mol. The standard InChI is InChI=1S/C16H15N3O2/c1-11-8-12(2)19(16(20)15(11)9-17)18-10-13-4-6-14(21-3)7-5-13/h4-8,10H,1-3H3/b18-10-. The summed E-state index contributed by atoms with van der Waals surface area (Å²) in [6.07, 6.45) is 1.57. The number of benzene rings is 1. The van der Waals surface area contributed by atoms with Crippen LogP contribution in [0.1, 0.15) is 22.4 Å². The summed E-state index contributed by atoms with van der Waals surface area (Å²) in [4.78, 5) is 12.2. The van der Waals surface area contributed by atoms with E-state index in [1.807, 2.05) is 30.3 Å². The lowest BCUT2D eigenvalue weighted by Gasteiger charge is -2.06. The van der Waals surface area contributed by atoms with E-state index in [9.17, 15) is 4.79 Å². The molecule has 0 amide bonds. The average molecular weight is 281 g/mol. The molecule has 0 saturated heterocycles. The van der Waals surface area contributed by atoms with E-state index in [1.54, 1.807) is 33.2 Å². The second kappa shape index (κ2) is 6.06. The average Bonchev–Trinajstić information content (AvgIpc) is 2.47. The Morgan fingerprint density at radius 3 is 2.52 bits per heavy atom. The summed E-state index contributed by atoms with van der Waals surface area (Å²) < 4.78 is 6.31. The number of pyridine rings is 1. The van der Waals surface area contributed by atoms with Gasteiger partial charge in [0, 0.05) is 5.69 Å². The van der Waals surface area contributed by atoms with Gasteiger partial charge in [0.1, 0.15) is 17.4 Å². The third-order valence-corrected chi connectivity index (χ3v) is 3.11. The molecule has 0 aliphatic rings. The van der Waals surface area contributed by atoms with E-state index in [2.05, 4.69) is 5.10 Å². The van der Waals surface area contributed by atoms with Gasteiger partial charge in [0.15, 0.2) is 0 Å². The molecule has 0 atom stereocenters. The summed E-state index contributed by atoms with van der Waals surface area (Å²) in [5, 5.41) is 13.2. The Labute approximate surface area is 122 Å². The van der Waals surface area contributed by atoms with E-state index in [-0.39, 0.29) is 5.56 Å². The van der Waals surface area contributed by atoms with E-state index in [1.165, 1.54) is 4.68 Å². The Balaban J connectivity index is 2.41. The Hall–Kier alpha value is -2.87. The first-order valence-electron chi connectivity index (χ1n) is 6.38. The molecule has 21 heavy (non-hydrogen) atoms. The molecule has 1 aromatic heterocycles. The predicted octanol–water partition coefficient (Wildman–Crippen LogP) is 2.23.